The van der Waals surface area contributed by atoms with Crippen LogP contribution in [0.15, 0.2) is 59.9 Å². The number of hydrogen-bond donors (Lipinski definition) is 1. The number of para-hydroxylation sites is 1. The molecule has 6 nitrogen and oxygen atoms in total. The van der Waals surface area contributed by atoms with Gasteiger partial charge < -0.3 is 9.88 Å². The Morgan fingerprint density at radius 3 is 2.78 bits per heavy atom. The lowest BCUT2D eigenvalue weighted by Crippen LogP contribution is -2.38. The Hall–Kier alpha value is -3.10. The van der Waals surface area contributed by atoms with Crippen molar-refractivity contribution < 1.29 is 4.79 Å². The van der Waals surface area contributed by atoms with Crippen molar-refractivity contribution in [2.45, 2.75) is 25.3 Å². The fraction of sp³-hybridized carbons (Fsp3) is 0.250. The fourth-order valence-electron chi connectivity index (χ4n) is 4.26. The van der Waals surface area contributed by atoms with E-state index in [2.05, 4.69) is 17.6 Å². The van der Waals surface area contributed by atoms with Gasteiger partial charge in [-0.15, -0.1) is 17.9 Å². The van der Waals surface area contributed by atoms with Crippen molar-refractivity contribution in [3.05, 3.63) is 80.8 Å². The molecule has 0 bridgehead atoms. The molecule has 0 unspecified atom stereocenters. The van der Waals surface area contributed by atoms with Crippen LogP contribution in [0.5, 0.6) is 0 Å². The normalized spacial score (nSPS) is 14.8. The van der Waals surface area contributed by atoms with Gasteiger partial charge in [0.25, 0.3) is 11.5 Å². The number of aromatic amines is 1. The molecular formula is C24H22N4O2S2. The Bertz CT molecular complexity index is 1430. The predicted molar refractivity (Wildman–Crippen MR) is 131 cm³/mol. The summed E-state index contributed by atoms with van der Waals surface area (Å²) in [6.07, 6.45) is 3.42. The summed E-state index contributed by atoms with van der Waals surface area (Å²) in [6, 6.07) is 13.3. The number of rotatable bonds is 4. The minimum absolute atomic E-state index is 0.0239. The largest absolute Gasteiger partial charge is 0.339 e. The van der Waals surface area contributed by atoms with Crippen LogP contribution in [-0.4, -0.2) is 38.4 Å². The molecule has 32 heavy (non-hydrogen) atoms. The summed E-state index contributed by atoms with van der Waals surface area (Å²) in [7, 11) is 0. The first-order valence-corrected chi connectivity index (χ1v) is 11.8. The second-order valence-corrected chi connectivity index (χ2v) is 9.43. The Labute approximate surface area is 193 Å². The van der Waals surface area contributed by atoms with Gasteiger partial charge in [-0.05, 0) is 55.4 Å². The van der Waals surface area contributed by atoms with E-state index in [0.717, 1.165) is 23.4 Å². The maximum absolute atomic E-state index is 13.1. The number of H-pyrrole nitrogens is 1. The highest BCUT2D eigenvalue weighted by molar-refractivity contribution is 7.71. The molecule has 162 valence electrons. The lowest BCUT2D eigenvalue weighted by molar-refractivity contribution is 0.0713. The summed E-state index contributed by atoms with van der Waals surface area (Å²) in [6.45, 7) is 5.39. The lowest BCUT2D eigenvalue weighted by atomic mass is 9.97. The molecule has 1 aliphatic heterocycles. The van der Waals surface area contributed by atoms with Crippen molar-refractivity contribution in [3.63, 3.8) is 0 Å². The number of thiazole rings is 1. The van der Waals surface area contributed by atoms with E-state index in [-0.39, 0.29) is 11.5 Å². The molecule has 1 amide bonds. The molecule has 1 saturated heterocycles. The highest BCUT2D eigenvalue weighted by Gasteiger charge is 2.26. The maximum Gasteiger partial charge on any atom is 0.262 e. The predicted octanol–water partition coefficient (Wildman–Crippen LogP) is 4.87. The lowest BCUT2D eigenvalue weighted by Gasteiger charge is -2.31. The number of allylic oxidation sites excluding steroid dienone is 1. The Balaban J connectivity index is 1.34. The van der Waals surface area contributed by atoms with E-state index in [4.69, 9.17) is 17.2 Å². The van der Waals surface area contributed by atoms with E-state index in [1.807, 2.05) is 23.1 Å². The van der Waals surface area contributed by atoms with Gasteiger partial charge in [0.2, 0.25) is 0 Å². The van der Waals surface area contributed by atoms with Crippen molar-refractivity contribution in [2.24, 2.45) is 0 Å². The molecule has 8 heteroatoms. The summed E-state index contributed by atoms with van der Waals surface area (Å²) in [5.74, 6) is 0.358. The molecular weight excluding hydrogens is 440 g/mol. The van der Waals surface area contributed by atoms with Crippen LogP contribution in [0.2, 0.25) is 0 Å². The monoisotopic (exact) mass is 462 g/mol. The van der Waals surface area contributed by atoms with E-state index in [9.17, 15) is 9.59 Å². The molecule has 1 aliphatic rings. The number of benzene rings is 2. The van der Waals surface area contributed by atoms with Crippen LogP contribution in [0.3, 0.4) is 0 Å². The number of carbonyl (C=O) groups is 1. The summed E-state index contributed by atoms with van der Waals surface area (Å²) in [5.41, 5.74) is 2.00. The average Bonchev–Trinajstić information content (AvgIpc) is 3.25. The zero-order chi connectivity index (χ0) is 22.2. The second kappa shape index (κ2) is 8.44. The van der Waals surface area contributed by atoms with E-state index in [1.165, 1.54) is 9.27 Å². The number of aromatic nitrogens is 3. The van der Waals surface area contributed by atoms with E-state index in [1.54, 1.807) is 35.6 Å². The number of amides is 1. The minimum atomic E-state index is -0.181. The van der Waals surface area contributed by atoms with Crippen molar-refractivity contribution in [1.82, 2.24) is 19.4 Å². The van der Waals surface area contributed by atoms with Gasteiger partial charge in [-0.3, -0.25) is 14.2 Å². The number of hydrogen-bond acceptors (Lipinski definition) is 5. The Kier molecular flexibility index (Phi) is 5.48. The van der Waals surface area contributed by atoms with Gasteiger partial charge in [-0.25, -0.2) is 4.98 Å². The van der Waals surface area contributed by atoms with E-state index in [0.29, 0.717) is 46.8 Å². The molecule has 5 rings (SSSR count). The van der Waals surface area contributed by atoms with Crippen LogP contribution >= 0.6 is 23.6 Å². The molecule has 2 aromatic heterocycles. The first-order chi connectivity index (χ1) is 15.5. The van der Waals surface area contributed by atoms with Crippen molar-refractivity contribution >= 4 is 50.6 Å². The Morgan fingerprint density at radius 1 is 1.25 bits per heavy atom. The highest BCUT2D eigenvalue weighted by atomic mass is 32.1. The Morgan fingerprint density at radius 2 is 2.03 bits per heavy atom. The zero-order valence-corrected chi connectivity index (χ0v) is 19.0. The van der Waals surface area contributed by atoms with Crippen molar-refractivity contribution in [3.8, 4) is 0 Å². The third-order valence-corrected chi connectivity index (χ3v) is 7.50. The molecule has 0 atom stereocenters. The standard InChI is InChI=1S/C24H22N4O2S2/c1-2-11-28-23(30)17-8-7-16(14-19(17)26-24(28)31)22(29)27-12-9-15(10-13-27)21-25-18-5-3-4-6-20(18)32-21/h2-8,14-15H,1,9-13H2,(H,26,31). The molecule has 3 heterocycles. The molecule has 0 saturated carbocycles. The molecule has 1 N–H and O–H groups in total. The first kappa shape index (κ1) is 20.8. The molecule has 1 fully saturated rings. The van der Waals surface area contributed by atoms with Crippen LogP contribution in [0.25, 0.3) is 21.1 Å². The second-order valence-electron chi connectivity index (χ2n) is 7.98. The third kappa shape index (κ3) is 3.69. The van der Waals surface area contributed by atoms with Crippen molar-refractivity contribution in [2.75, 3.05) is 13.1 Å². The van der Waals surface area contributed by atoms with Gasteiger partial charge in [0.15, 0.2) is 4.77 Å². The number of fused-ring (bicyclic) bond motifs is 2. The quantitative estimate of drug-likeness (QED) is 0.347. The highest BCUT2D eigenvalue weighted by Crippen LogP contribution is 2.34. The SMILES string of the molecule is C=CCn1c(=S)[nH]c2cc(C(=O)N3CCC(c4nc5ccccc5s4)CC3)ccc2c1=O. The van der Waals surface area contributed by atoms with Crippen LogP contribution in [-0.2, 0) is 6.54 Å². The van der Waals surface area contributed by atoms with Gasteiger partial charge >= 0.3 is 0 Å². The zero-order valence-electron chi connectivity index (χ0n) is 17.4. The average molecular weight is 463 g/mol. The summed E-state index contributed by atoms with van der Waals surface area (Å²) < 4.78 is 2.99. The summed E-state index contributed by atoms with van der Waals surface area (Å²) in [5, 5.41) is 1.67. The number of piperidine rings is 1. The van der Waals surface area contributed by atoms with Crippen LogP contribution in [0, 0.1) is 4.77 Å². The first-order valence-electron chi connectivity index (χ1n) is 10.6. The fourth-order valence-corrected chi connectivity index (χ4v) is 5.66. The molecule has 0 spiro atoms. The minimum Gasteiger partial charge on any atom is -0.339 e. The topological polar surface area (TPSA) is 71.0 Å². The molecule has 0 radical (unpaired) electrons. The van der Waals surface area contributed by atoms with Gasteiger partial charge in [0.1, 0.15) is 0 Å². The number of likely N-dealkylation sites (tertiary alicyclic amines) is 1. The molecule has 0 aliphatic carbocycles. The van der Waals surface area contributed by atoms with Crippen LogP contribution < -0.4 is 5.56 Å². The number of nitrogens with zero attached hydrogens (tertiary/aromatic N) is 3. The third-order valence-electron chi connectivity index (χ3n) is 5.98. The van der Waals surface area contributed by atoms with Crippen LogP contribution in [0.1, 0.15) is 34.1 Å². The van der Waals surface area contributed by atoms with Gasteiger partial charge in [0.05, 0.1) is 26.1 Å². The number of nitrogens with one attached hydrogen (secondary N) is 1. The summed E-state index contributed by atoms with van der Waals surface area (Å²) >= 11 is 7.06. The van der Waals surface area contributed by atoms with Gasteiger partial charge in [0, 0.05) is 31.1 Å². The smallest absolute Gasteiger partial charge is 0.262 e. The summed E-state index contributed by atoms with van der Waals surface area (Å²) in [4.78, 5) is 35.6. The van der Waals surface area contributed by atoms with Crippen LogP contribution in [0.4, 0.5) is 0 Å². The van der Waals surface area contributed by atoms with Gasteiger partial charge in [-0.2, -0.15) is 0 Å². The van der Waals surface area contributed by atoms with E-state index < -0.39 is 0 Å². The maximum atomic E-state index is 13.1. The molecule has 4 aromatic rings. The molecule has 2 aromatic carbocycles. The van der Waals surface area contributed by atoms with Crippen molar-refractivity contribution in [1.29, 1.82) is 0 Å². The van der Waals surface area contributed by atoms with E-state index >= 15 is 0 Å². The van der Waals surface area contributed by atoms with Gasteiger partial charge in [-0.1, -0.05) is 18.2 Å². The number of carbonyl (C=O) groups excluding carboxylic acids is 1.